The second kappa shape index (κ2) is 4.29. The lowest BCUT2D eigenvalue weighted by atomic mass is 10.3. The number of para-hydroxylation sites is 1. The maximum absolute atomic E-state index is 4.38. The Kier molecular flexibility index (Phi) is 2.49. The molecule has 18 heavy (non-hydrogen) atoms. The van der Waals surface area contributed by atoms with Gasteiger partial charge in [0.05, 0.1) is 12.0 Å². The van der Waals surface area contributed by atoms with Crippen LogP contribution in [0, 0.1) is 0 Å². The van der Waals surface area contributed by atoms with E-state index in [9.17, 15) is 0 Å². The van der Waals surface area contributed by atoms with Crippen molar-refractivity contribution < 1.29 is 0 Å². The van der Waals surface area contributed by atoms with Gasteiger partial charge in [-0.2, -0.15) is 4.98 Å². The van der Waals surface area contributed by atoms with E-state index in [2.05, 4.69) is 31.8 Å². The van der Waals surface area contributed by atoms with Crippen molar-refractivity contribution in [2.24, 2.45) is 0 Å². The SMILES string of the molecule is C=Cc1nc(Nc2ccccc2)nc2nc[nH]c12. The van der Waals surface area contributed by atoms with Crippen LogP contribution >= 0.6 is 0 Å². The number of benzene rings is 1. The second-order valence-corrected chi connectivity index (χ2v) is 3.73. The highest BCUT2D eigenvalue weighted by atomic mass is 15.1. The first-order chi connectivity index (χ1) is 8.86. The largest absolute Gasteiger partial charge is 0.341 e. The highest BCUT2D eigenvalue weighted by Gasteiger charge is 2.07. The maximum atomic E-state index is 4.38. The third-order valence-electron chi connectivity index (χ3n) is 2.54. The zero-order chi connectivity index (χ0) is 12.4. The molecule has 0 spiro atoms. The summed E-state index contributed by atoms with van der Waals surface area (Å²) < 4.78 is 0. The van der Waals surface area contributed by atoms with Gasteiger partial charge >= 0.3 is 0 Å². The van der Waals surface area contributed by atoms with Crippen LogP contribution in [0.3, 0.4) is 0 Å². The first kappa shape index (κ1) is 10.5. The Morgan fingerprint density at radius 2 is 2.00 bits per heavy atom. The standard InChI is InChI=1S/C13H11N5/c1-2-10-11-12(15-8-14-11)18-13(17-10)16-9-6-4-3-5-7-9/h2-8H,1H2,(H2,14,15,16,17,18). The fraction of sp³-hybridized carbons (Fsp3) is 0. The van der Waals surface area contributed by atoms with Crippen molar-refractivity contribution in [1.82, 2.24) is 19.9 Å². The molecule has 2 aromatic heterocycles. The molecule has 3 rings (SSSR count). The van der Waals surface area contributed by atoms with Gasteiger partial charge < -0.3 is 10.3 Å². The summed E-state index contributed by atoms with van der Waals surface area (Å²) in [6, 6.07) is 9.75. The van der Waals surface area contributed by atoms with Crippen LogP contribution in [-0.2, 0) is 0 Å². The van der Waals surface area contributed by atoms with Gasteiger partial charge in [-0.15, -0.1) is 0 Å². The molecule has 0 radical (unpaired) electrons. The summed E-state index contributed by atoms with van der Waals surface area (Å²) in [5.74, 6) is 0.510. The highest BCUT2D eigenvalue weighted by Crippen LogP contribution is 2.17. The second-order valence-electron chi connectivity index (χ2n) is 3.73. The third-order valence-corrected chi connectivity index (χ3v) is 2.54. The van der Waals surface area contributed by atoms with E-state index in [1.807, 2.05) is 30.3 Å². The molecule has 0 bridgehead atoms. The maximum Gasteiger partial charge on any atom is 0.229 e. The highest BCUT2D eigenvalue weighted by molar-refractivity contribution is 5.80. The Morgan fingerprint density at radius 1 is 1.17 bits per heavy atom. The average Bonchev–Trinajstić information content (AvgIpc) is 2.87. The molecule has 2 heterocycles. The molecule has 1 aromatic carbocycles. The van der Waals surface area contributed by atoms with E-state index < -0.39 is 0 Å². The van der Waals surface area contributed by atoms with Crippen molar-refractivity contribution >= 4 is 28.9 Å². The number of aromatic amines is 1. The average molecular weight is 237 g/mol. The van der Waals surface area contributed by atoms with E-state index in [4.69, 9.17) is 0 Å². The van der Waals surface area contributed by atoms with Gasteiger partial charge in [-0.05, 0) is 18.2 Å². The molecule has 3 aromatic rings. The molecule has 0 unspecified atom stereocenters. The minimum Gasteiger partial charge on any atom is -0.341 e. The monoisotopic (exact) mass is 237 g/mol. The minimum absolute atomic E-state index is 0.510. The van der Waals surface area contributed by atoms with Crippen molar-refractivity contribution in [2.75, 3.05) is 5.32 Å². The number of H-pyrrole nitrogens is 1. The first-order valence-electron chi connectivity index (χ1n) is 5.52. The number of rotatable bonds is 3. The predicted octanol–water partition coefficient (Wildman–Crippen LogP) is 2.74. The Labute approximate surface area is 104 Å². The zero-order valence-corrected chi connectivity index (χ0v) is 9.59. The van der Waals surface area contributed by atoms with Crippen LogP contribution < -0.4 is 5.32 Å². The van der Waals surface area contributed by atoms with Gasteiger partial charge in [-0.1, -0.05) is 24.8 Å². The molecule has 0 aliphatic heterocycles. The summed E-state index contributed by atoms with van der Waals surface area (Å²) in [5, 5.41) is 3.14. The number of nitrogens with one attached hydrogen (secondary N) is 2. The van der Waals surface area contributed by atoms with E-state index in [0.717, 1.165) is 16.9 Å². The number of hydrogen-bond donors (Lipinski definition) is 2. The van der Waals surface area contributed by atoms with Crippen LogP contribution in [0.5, 0.6) is 0 Å². The van der Waals surface area contributed by atoms with Crippen molar-refractivity contribution in [3.63, 3.8) is 0 Å². The summed E-state index contributed by atoms with van der Waals surface area (Å²) in [5.41, 5.74) is 3.08. The van der Waals surface area contributed by atoms with Crippen LogP contribution in [0.25, 0.3) is 17.2 Å². The third kappa shape index (κ3) is 1.82. The van der Waals surface area contributed by atoms with Crippen molar-refractivity contribution in [3.05, 3.63) is 48.9 Å². The van der Waals surface area contributed by atoms with Crippen molar-refractivity contribution in [2.45, 2.75) is 0 Å². The van der Waals surface area contributed by atoms with Gasteiger partial charge in [-0.3, -0.25) is 0 Å². The number of anilines is 2. The van der Waals surface area contributed by atoms with Crippen LogP contribution in [0.4, 0.5) is 11.6 Å². The number of fused-ring (bicyclic) bond motifs is 1. The molecule has 88 valence electrons. The molecule has 0 aliphatic carbocycles. The Balaban J connectivity index is 2.04. The molecular weight excluding hydrogens is 226 g/mol. The van der Waals surface area contributed by atoms with E-state index in [0.29, 0.717) is 11.6 Å². The molecule has 5 heteroatoms. The van der Waals surface area contributed by atoms with Gasteiger partial charge in [0.1, 0.15) is 5.52 Å². The number of hydrogen-bond acceptors (Lipinski definition) is 4. The van der Waals surface area contributed by atoms with Crippen LogP contribution in [0.15, 0.2) is 43.2 Å². The lowest BCUT2D eigenvalue weighted by Gasteiger charge is -2.05. The van der Waals surface area contributed by atoms with Gasteiger partial charge in [0, 0.05) is 5.69 Å². The number of aromatic nitrogens is 4. The van der Waals surface area contributed by atoms with Crippen LogP contribution in [-0.4, -0.2) is 19.9 Å². The minimum atomic E-state index is 0.510. The number of imidazole rings is 1. The quantitative estimate of drug-likeness (QED) is 0.735. The normalized spacial score (nSPS) is 10.4. The first-order valence-corrected chi connectivity index (χ1v) is 5.52. The Morgan fingerprint density at radius 3 is 2.78 bits per heavy atom. The summed E-state index contributed by atoms with van der Waals surface area (Å²) in [4.78, 5) is 15.8. The van der Waals surface area contributed by atoms with E-state index >= 15 is 0 Å². The van der Waals surface area contributed by atoms with Crippen LogP contribution in [0.2, 0.25) is 0 Å². The smallest absolute Gasteiger partial charge is 0.229 e. The van der Waals surface area contributed by atoms with Gasteiger partial charge in [-0.25, -0.2) is 9.97 Å². The lowest BCUT2D eigenvalue weighted by Crippen LogP contribution is -1.99. The van der Waals surface area contributed by atoms with E-state index in [1.54, 1.807) is 12.4 Å². The van der Waals surface area contributed by atoms with Gasteiger partial charge in [0.2, 0.25) is 5.95 Å². The topological polar surface area (TPSA) is 66.5 Å². The van der Waals surface area contributed by atoms with Gasteiger partial charge in [0.25, 0.3) is 0 Å². The summed E-state index contributed by atoms with van der Waals surface area (Å²) in [6.07, 6.45) is 3.27. The zero-order valence-electron chi connectivity index (χ0n) is 9.59. The van der Waals surface area contributed by atoms with Crippen molar-refractivity contribution in [3.8, 4) is 0 Å². The molecule has 0 saturated heterocycles. The van der Waals surface area contributed by atoms with Crippen LogP contribution in [0.1, 0.15) is 5.69 Å². The van der Waals surface area contributed by atoms with Gasteiger partial charge in [0.15, 0.2) is 5.65 Å². The fourth-order valence-electron chi connectivity index (χ4n) is 1.71. The summed E-state index contributed by atoms with van der Waals surface area (Å²) in [6.45, 7) is 3.74. The van der Waals surface area contributed by atoms with Crippen molar-refractivity contribution in [1.29, 1.82) is 0 Å². The lowest BCUT2D eigenvalue weighted by molar-refractivity contribution is 1.18. The summed E-state index contributed by atoms with van der Waals surface area (Å²) >= 11 is 0. The Bertz CT molecular complexity index is 687. The molecule has 5 nitrogen and oxygen atoms in total. The molecule has 0 fully saturated rings. The molecule has 0 aliphatic rings. The molecular formula is C13H11N5. The number of nitrogens with zero attached hydrogens (tertiary/aromatic N) is 3. The predicted molar refractivity (Wildman–Crippen MR) is 71.5 cm³/mol. The molecule has 0 atom stereocenters. The fourth-order valence-corrected chi connectivity index (χ4v) is 1.71. The Hall–Kier alpha value is -2.69. The molecule has 0 saturated carbocycles. The molecule has 0 amide bonds. The van der Waals surface area contributed by atoms with E-state index in [1.165, 1.54) is 0 Å². The molecule has 2 N–H and O–H groups in total. The summed E-state index contributed by atoms with van der Waals surface area (Å²) in [7, 11) is 0. The van der Waals surface area contributed by atoms with E-state index in [-0.39, 0.29) is 0 Å².